The van der Waals surface area contributed by atoms with Gasteiger partial charge < -0.3 is 10.2 Å². The van der Waals surface area contributed by atoms with Gasteiger partial charge in [0.2, 0.25) is 5.91 Å². The molecule has 5 nitrogen and oxygen atoms in total. The quantitative estimate of drug-likeness (QED) is 0.673. The van der Waals surface area contributed by atoms with Crippen LogP contribution in [0.15, 0.2) is 12.7 Å². The number of rotatable bonds is 4. The van der Waals surface area contributed by atoms with Gasteiger partial charge in [0.05, 0.1) is 11.5 Å². The summed E-state index contributed by atoms with van der Waals surface area (Å²) < 4.78 is 22.7. The molecule has 0 spiro atoms. The molecule has 0 aromatic carbocycles. The SMILES string of the molecule is C=CCN(C)C(=O)CC1CS(=O)(=O)CCN1. The van der Waals surface area contributed by atoms with E-state index in [1.165, 1.54) is 4.90 Å². The summed E-state index contributed by atoms with van der Waals surface area (Å²) in [5, 5.41) is 3.05. The third-order valence-corrected chi connectivity index (χ3v) is 4.29. The molecule has 1 aliphatic heterocycles. The van der Waals surface area contributed by atoms with Crippen LogP contribution in [-0.4, -0.2) is 56.9 Å². The van der Waals surface area contributed by atoms with Gasteiger partial charge in [0.25, 0.3) is 0 Å². The molecule has 1 aliphatic rings. The van der Waals surface area contributed by atoms with Crippen LogP contribution in [0, 0.1) is 0 Å². The Bertz CT molecular complexity index is 364. The van der Waals surface area contributed by atoms with E-state index in [9.17, 15) is 13.2 Å². The molecule has 1 rings (SSSR count). The maximum Gasteiger partial charge on any atom is 0.224 e. The number of sulfone groups is 1. The van der Waals surface area contributed by atoms with Crippen LogP contribution in [0.25, 0.3) is 0 Å². The van der Waals surface area contributed by atoms with Crippen LogP contribution in [0.4, 0.5) is 0 Å². The van der Waals surface area contributed by atoms with Crippen molar-refractivity contribution >= 4 is 15.7 Å². The van der Waals surface area contributed by atoms with Crippen molar-refractivity contribution in [1.82, 2.24) is 10.2 Å². The number of hydrogen-bond acceptors (Lipinski definition) is 4. The van der Waals surface area contributed by atoms with Gasteiger partial charge in [-0.3, -0.25) is 4.79 Å². The van der Waals surface area contributed by atoms with Crippen molar-refractivity contribution < 1.29 is 13.2 Å². The van der Waals surface area contributed by atoms with E-state index in [-0.39, 0.29) is 29.9 Å². The lowest BCUT2D eigenvalue weighted by atomic mass is 10.2. The Morgan fingerprint density at radius 2 is 2.31 bits per heavy atom. The highest BCUT2D eigenvalue weighted by atomic mass is 32.2. The molecule has 0 aromatic heterocycles. The average molecular weight is 246 g/mol. The minimum Gasteiger partial charge on any atom is -0.342 e. The smallest absolute Gasteiger partial charge is 0.224 e. The first-order chi connectivity index (χ1) is 7.44. The maximum atomic E-state index is 11.7. The van der Waals surface area contributed by atoms with Crippen molar-refractivity contribution in [2.45, 2.75) is 12.5 Å². The summed E-state index contributed by atoms with van der Waals surface area (Å²) in [6.07, 6.45) is 1.87. The van der Waals surface area contributed by atoms with Crippen LogP contribution in [0.1, 0.15) is 6.42 Å². The highest BCUT2D eigenvalue weighted by Gasteiger charge is 2.26. The van der Waals surface area contributed by atoms with Gasteiger partial charge in [-0.05, 0) is 0 Å². The maximum absolute atomic E-state index is 11.7. The van der Waals surface area contributed by atoms with Gasteiger partial charge in [0.15, 0.2) is 9.84 Å². The number of amides is 1. The molecule has 0 aliphatic carbocycles. The molecule has 92 valence electrons. The lowest BCUT2D eigenvalue weighted by molar-refractivity contribution is -0.129. The third-order valence-electron chi connectivity index (χ3n) is 2.55. The number of nitrogens with one attached hydrogen (secondary N) is 1. The summed E-state index contributed by atoms with van der Waals surface area (Å²) in [5.41, 5.74) is 0. The molecule has 1 amide bonds. The van der Waals surface area contributed by atoms with Crippen molar-refractivity contribution in [1.29, 1.82) is 0 Å². The Labute approximate surface area is 96.4 Å². The average Bonchev–Trinajstić information content (AvgIpc) is 2.16. The normalized spacial score (nSPS) is 23.7. The van der Waals surface area contributed by atoms with Crippen molar-refractivity contribution in [3.8, 4) is 0 Å². The van der Waals surface area contributed by atoms with Crippen LogP contribution < -0.4 is 5.32 Å². The van der Waals surface area contributed by atoms with Crippen LogP contribution in [-0.2, 0) is 14.6 Å². The first-order valence-corrected chi connectivity index (χ1v) is 7.05. The van der Waals surface area contributed by atoms with Gasteiger partial charge in [0.1, 0.15) is 0 Å². The fourth-order valence-corrected chi connectivity index (χ4v) is 3.10. The third kappa shape index (κ3) is 3.94. The first kappa shape index (κ1) is 13.2. The summed E-state index contributed by atoms with van der Waals surface area (Å²) in [5.74, 6) is 0.162. The van der Waals surface area contributed by atoms with Gasteiger partial charge in [-0.25, -0.2) is 8.42 Å². The van der Waals surface area contributed by atoms with E-state index in [1.807, 2.05) is 0 Å². The molecule has 0 aromatic rings. The standard InChI is InChI=1S/C10H18N2O3S/c1-3-5-12(2)10(13)7-9-8-16(14,15)6-4-11-9/h3,9,11H,1,4-8H2,2H3. The highest BCUT2D eigenvalue weighted by Crippen LogP contribution is 2.06. The van der Waals surface area contributed by atoms with Gasteiger partial charge in [-0.15, -0.1) is 6.58 Å². The molecule has 1 heterocycles. The van der Waals surface area contributed by atoms with Crippen LogP contribution in [0.5, 0.6) is 0 Å². The van der Waals surface area contributed by atoms with Crippen molar-refractivity contribution in [2.75, 3.05) is 31.6 Å². The van der Waals surface area contributed by atoms with Crippen LogP contribution >= 0.6 is 0 Å². The molecule has 16 heavy (non-hydrogen) atoms. The molecule has 1 atom stereocenters. The minimum atomic E-state index is -2.97. The van der Waals surface area contributed by atoms with E-state index in [1.54, 1.807) is 13.1 Å². The van der Waals surface area contributed by atoms with Gasteiger partial charge in [-0.2, -0.15) is 0 Å². The van der Waals surface area contributed by atoms with E-state index in [4.69, 9.17) is 0 Å². The fourth-order valence-electron chi connectivity index (χ4n) is 1.66. The van der Waals surface area contributed by atoms with Gasteiger partial charge in [0, 0.05) is 32.6 Å². The molecular formula is C10H18N2O3S. The van der Waals surface area contributed by atoms with Crippen molar-refractivity contribution in [3.63, 3.8) is 0 Å². The number of carbonyl (C=O) groups excluding carboxylic acids is 1. The Kier molecular flexibility index (Phi) is 4.49. The molecule has 1 fully saturated rings. The number of nitrogens with zero attached hydrogens (tertiary/aromatic N) is 1. The second-order valence-electron chi connectivity index (χ2n) is 4.03. The highest BCUT2D eigenvalue weighted by molar-refractivity contribution is 7.91. The van der Waals surface area contributed by atoms with Crippen molar-refractivity contribution in [2.24, 2.45) is 0 Å². The summed E-state index contributed by atoms with van der Waals surface area (Å²) in [4.78, 5) is 13.2. The summed E-state index contributed by atoms with van der Waals surface area (Å²) in [6, 6.07) is -0.251. The monoisotopic (exact) mass is 246 g/mol. The van der Waals surface area contributed by atoms with Gasteiger partial charge in [-0.1, -0.05) is 6.08 Å². The predicted molar refractivity (Wildman–Crippen MR) is 62.9 cm³/mol. The van der Waals surface area contributed by atoms with E-state index in [2.05, 4.69) is 11.9 Å². The second-order valence-corrected chi connectivity index (χ2v) is 6.26. The van der Waals surface area contributed by atoms with Crippen LogP contribution in [0.2, 0.25) is 0 Å². The lowest BCUT2D eigenvalue weighted by Gasteiger charge is -2.25. The summed E-state index contributed by atoms with van der Waals surface area (Å²) in [7, 11) is -1.29. The molecule has 1 N–H and O–H groups in total. The number of hydrogen-bond donors (Lipinski definition) is 1. The van der Waals surface area contributed by atoms with E-state index in [0.29, 0.717) is 13.1 Å². The summed E-state index contributed by atoms with van der Waals surface area (Å²) in [6.45, 7) is 4.47. The largest absolute Gasteiger partial charge is 0.342 e. The Morgan fingerprint density at radius 1 is 1.62 bits per heavy atom. The molecule has 0 bridgehead atoms. The molecule has 0 radical (unpaired) electrons. The van der Waals surface area contributed by atoms with Crippen LogP contribution in [0.3, 0.4) is 0 Å². The zero-order valence-corrected chi connectivity index (χ0v) is 10.3. The number of likely N-dealkylation sites (N-methyl/N-ethyl adjacent to an activating group) is 1. The van der Waals surface area contributed by atoms with Gasteiger partial charge >= 0.3 is 0 Å². The van der Waals surface area contributed by atoms with Crippen molar-refractivity contribution in [3.05, 3.63) is 12.7 Å². The topological polar surface area (TPSA) is 66.5 Å². The first-order valence-electron chi connectivity index (χ1n) is 5.23. The zero-order valence-electron chi connectivity index (χ0n) is 9.48. The number of carbonyl (C=O) groups is 1. The molecule has 1 unspecified atom stereocenters. The summed E-state index contributed by atoms with van der Waals surface area (Å²) >= 11 is 0. The fraction of sp³-hybridized carbons (Fsp3) is 0.700. The molecular weight excluding hydrogens is 228 g/mol. The molecule has 0 saturated carbocycles. The zero-order chi connectivity index (χ0) is 12.2. The Morgan fingerprint density at radius 3 is 2.88 bits per heavy atom. The van der Waals surface area contributed by atoms with E-state index >= 15 is 0 Å². The van der Waals surface area contributed by atoms with E-state index in [0.717, 1.165) is 0 Å². The van der Waals surface area contributed by atoms with E-state index < -0.39 is 9.84 Å². The second kappa shape index (κ2) is 5.45. The molecule has 6 heteroatoms. The minimum absolute atomic E-state index is 0.0562. The lowest BCUT2D eigenvalue weighted by Crippen LogP contribution is -2.47. The predicted octanol–water partition coefficient (Wildman–Crippen LogP) is -0.592. The Balaban J connectivity index is 2.48. The molecule has 1 saturated heterocycles. The Hall–Kier alpha value is -0.880.